The predicted octanol–water partition coefficient (Wildman–Crippen LogP) is 1.52. The Morgan fingerprint density at radius 2 is 1.85 bits per heavy atom. The second kappa shape index (κ2) is 5.40. The molecule has 80 valence electrons. The zero-order valence-electron chi connectivity index (χ0n) is 8.11. The van der Waals surface area contributed by atoms with Crippen LogP contribution in [0.4, 0.5) is 0 Å². The van der Waals surface area contributed by atoms with E-state index < -0.39 is 0 Å². The van der Waals surface area contributed by atoms with Crippen LogP contribution in [0.25, 0.3) is 0 Å². The summed E-state index contributed by atoms with van der Waals surface area (Å²) >= 11 is 0. The van der Waals surface area contributed by atoms with Crippen molar-refractivity contribution in [3.8, 4) is 0 Å². The predicted molar refractivity (Wildman–Crippen MR) is 60.8 cm³/mol. The molecule has 13 heavy (non-hydrogen) atoms. The fourth-order valence-corrected chi connectivity index (χ4v) is 2.66. The first kappa shape index (κ1) is 13.5. The molecule has 1 unspecified atom stereocenters. The first-order valence-corrected chi connectivity index (χ1v) is 4.71. The van der Waals surface area contributed by atoms with Gasteiger partial charge in [-0.05, 0) is 44.7 Å². The molecule has 2 N–H and O–H groups in total. The highest BCUT2D eigenvalue weighted by molar-refractivity contribution is 5.85. The number of piperidine rings is 1. The number of likely N-dealkylation sites (tertiary alicyclic amines) is 1. The van der Waals surface area contributed by atoms with Crippen LogP contribution in [0.1, 0.15) is 19.3 Å². The van der Waals surface area contributed by atoms with E-state index in [2.05, 4.69) is 11.9 Å². The maximum atomic E-state index is 6.02. The first-order valence-electron chi connectivity index (χ1n) is 4.71. The minimum Gasteiger partial charge on any atom is -0.327 e. The number of hydrogen-bond donors (Lipinski definition) is 1. The number of nitrogens with zero attached hydrogens (tertiary/aromatic N) is 1. The zero-order chi connectivity index (χ0) is 7.84. The third-order valence-corrected chi connectivity index (χ3v) is 3.43. The molecule has 2 fully saturated rings. The van der Waals surface area contributed by atoms with Crippen molar-refractivity contribution in [3.05, 3.63) is 0 Å². The Labute approximate surface area is 93.1 Å². The van der Waals surface area contributed by atoms with Gasteiger partial charge in [0.05, 0.1) is 0 Å². The fraction of sp³-hybridized carbons (Fsp3) is 1.00. The molecule has 0 spiro atoms. The minimum atomic E-state index is 0. The molecule has 0 aromatic rings. The van der Waals surface area contributed by atoms with Gasteiger partial charge in [-0.1, -0.05) is 0 Å². The third kappa shape index (κ3) is 2.72. The van der Waals surface area contributed by atoms with Crippen molar-refractivity contribution < 1.29 is 0 Å². The molecule has 2 rings (SSSR count). The maximum Gasteiger partial charge on any atom is 0.00821 e. The highest BCUT2D eigenvalue weighted by atomic mass is 35.5. The largest absolute Gasteiger partial charge is 0.327 e. The van der Waals surface area contributed by atoms with E-state index in [1.165, 1.54) is 32.4 Å². The van der Waals surface area contributed by atoms with Gasteiger partial charge in [-0.3, -0.25) is 0 Å². The van der Waals surface area contributed by atoms with E-state index in [0.717, 1.165) is 11.8 Å². The molecular weight excluding hydrogens is 207 g/mol. The molecule has 1 aliphatic heterocycles. The van der Waals surface area contributed by atoms with Gasteiger partial charge in [0, 0.05) is 12.6 Å². The van der Waals surface area contributed by atoms with Crippen LogP contribution in [0.2, 0.25) is 0 Å². The summed E-state index contributed by atoms with van der Waals surface area (Å²) in [7, 11) is 2.21. The van der Waals surface area contributed by atoms with Crippen LogP contribution < -0.4 is 5.73 Å². The lowest BCUT2D eigenvalue weighted by molar-refractivity contribution is 0.157. The summed E-state index contributed by atoms with van der Waals surface area (Å²) in [5, 5.41) is 0. The van der Waals surface area contributed by atoms with Crippen molar-refractivity contribution in [1.29, 1.82) is 0 Å². The summed E-state index contributed by atoms with van der Waals surface area (Å²) in [4.78, 5) is 2.42. The molecule has 4 heteroatoms. The normalized spacial score (nSPS) is 38.8. The Morgan fingerprint density at radius 1 is 1.15 bits per heavy atom. The van der Waals surface area contributed by atoms with Crippen LogP contribution >= 0.6 is 24.8 Å². The van der Waals surface area contributed by atoms with Gasteiger partial charge in [0.1, 0.15) is 0 Å². The van der Waals surface area contributed by atoms with Crippen molar-refractivity contribution in [3.63, 3.8) is 0 Å². The standard InChI is InChI=1S/C9H18N2.2ClH/c1-11-5-4-7-2-3-9(10)8(7)6-11;;/h7-9H,2-6,10H2,1H3;2*1H/t7-,8+,9?;;/m1../s1. The Hall–Kier alpha value is 0.500. The van der Waals surface area contributed by atoms with Gasteiger partial charge in [-0.15, -0.1) is 24.8 Å². The molecule has 0 aromatic heterocycles. The van der Waals surface area contributed by atoms with Gasteiger partial charge >= 0.3 is 0 Å². The summed E-state index contributed by atoms with van der Waals surface area (Å²) in [5.41, 5.74) is 6.02. The molecule has 2 aliphatic rings. The first-order chi connectivity index (χ1) is 5.27. The second-order valence-electron chi connectivity index (χ2n) is 4.22. The summed E-state index contributed by atoms with van der Waals surface area (Å²) in [6.45, 7) is 2.53. The molecule has 1 saturated heterocycles. The summed E-state index contributed by atoms with van der Waals surface area (Å²) in [5.74, 6) is 1.77. The van der Waals surface area contributed by atoms with Gasteiger partial charge < -0.3 is 10.6 Å². The van der Waals surface area contributed by atoms with E-state index in [4.69, 9.17) is 5.73 Å². The Balaban J connectivity index is 0.000000720. The zero-order valence-corrected chi connectivity index (χ0v) is 9.74. The van der Waals surface area contributed by atoms with E-state index >= 15 is 0 Å². The molecule has 2 nitrogen and oxygen atoms in total. The van der Waals surface area contributed by atoms with E-state index in [9.17, 15) is 0 Å². The molecule has 0 aromatic carbocycles. The SMILES string of the molecule is CN1CC[C@H]2CCC(N)[C@H]2C1.Cl.Cl. The van der Waals surface area contributed by atoms with Gasteiger partial charge in [0.2, 0.25) is 0 Å². The lowest BCUT2D eigenvalue weighted by Crippen LogP contribution is -2.42. The second-order valence-corrected chi connectivity index (χ2v) is 4.22. The highest BCUT2D eigenvalue weighted by Crippen LogP contribution is 2.36. The lowest BCUT2D eigenvalue weighted by Gasteiger charge is -2.34. The average Bonchev–Trinajstić information content (AvgIpc) is 2.33. The summed E-state index contributed by atoms with van der Waals surface area (Å²) in [6.07, 6.45) is 4.04. The van der Waals surface area contributed by atoms with E-state index in [1.54, 1.807) is 0 Å². The van der Waals surface area contributed by atoms with Crippen LogP contribution in [-0.4, -0.2) is 31.1 Å². The molecule has 0 amide bonds. The maximum absolute atomic E-state index is 6.02. The summed E-state index contributed by atoms with van der Waals surface area (Å²) < 4.78 is 0. The van der Waals surface area contributed by atoms with Crippen LogP contribution in [0.3, 0.4) is 0 Å². The Kier molecular flexibility index (Phi) is 5.61. The van der Waals surface area contributed by atoms with E-state index in [0.29, 0.717) is 6.04 Å². The Bertz CT molecular complexity index is 155. The number of rotatable bonds is 0. The van der Waals surface area contributed by atoms with Crippen LogP contribution in [-0.2, 0) is 0 Å². The number of fused-ring (bicyclic) bond motifs is 1. The fourth-order valence-electron chi connectivity index (χ4n) is 2.66. The molecule has 0 radical (unpaired) electrons. The van der Waals surface area contributed by atoms with Gasteiger partial charge in [0.15, 0.2) is 0 Å². The third-order valence-electron chi connectivity index (χ3n) is 3.43. The quantitative estimate of drug-likeness (QED) is 0.679. The number of nitrogens with two attached hydrogens (primary N) is 1. The Morgan fingerprint density at radius 3 is 2.54 bits per heavy atom. The van der Waals surface area contributed by atoms with Crippen molar-refractivity contribution in [2.45, 2.75) is 25.3 Å². The monoisotopic (exact) mass is 226 g/mol. The molecule has 3 atom stereocenters. The molecule has 1 heterocycles. The number of halogens is 2. The van der Waals surface area contributed by atoms with Crippen LogP contribution in [0.5, 0.6) is 0 Å². The van der Waals surface area contributed by atoms with Gasteiger partial charge in [0.25, 0.3) is 0 Å². The molecule has 1 saturated carbocycles. The van der Waals surface area contributed by atoms with Crippen molar-refractivity contribution >= 4 is 24.8 Å². The molecular formula is C9H20Cl2N2. The topological polar surface area (TPSA) is 29.3 Å². The highest BCUT2D eigenvalue weighted by Gasteiger charge is 2.36. The average molecular weight is 227 g/mol. The van der Waals surface area contributed by atoms with Crippen molar-refractivity contribution in [2.75, 3.05) is 20.1 Å². The number of hydrogen-bond acceptors (Lipinski definition) is 2. The van der Waals surface area contributed by atoms with Crippen molar-refractivity contribution in [1.82, 2.24) is 4.90 Å². The van der Waals surface area contributed by atoms with Crippen LogP contribution in [0, 0.1) is 11.8 Å². The van der Waals surface area contributed by atoms with E-state index in [1.807, 2.05) is 0 Å². The van der Waals surface area contributed by atoms with Crippen LogP contribution in [0.15, 0.2) is 0 Å². The minimum absolute atomic E-state index is 0. The molecule has 1 aliphatic carbocycles. The smallest absolute Gasteiger partial charge is 0.00821 e. The van der Waals surface area contributed by atoms with Gasteiger partial charge in [-0.25, -0.2) is 0 Å². The van der Waals surface area contributed by atoms with E-state index in [-0.39, 0.29) is 24.8 Å². The van der Waals surface area contributed by atoms with Gasteiger partial charge in [-0.2, -0.15) is 0 Å². The molecule has 0 bridgehead atoms. The summed E-state index contributed by atoms with van der Waals surface area (Å²) in [6, 6.07) is 0.503. The van der Waals surface area contributed by atoms with Crippen molar-refractivity contribution in [2.24, 2.45) is 17.6 Å². The lowest BCUT2D eigenvalue weighted by atomic mass is 9.87.